The predicted octanol–water partition coefficient (Wildman–Crippen LogP) is 4.30. The molecule has 3 unspecified atom stereocenters. The third kappa shape index (κ3) is 4.01. The first kappa shape index (κ1) is 20.0. The maximum atomic E-state index is 6.27. The number of piperidine rings is 1. The van der Waals surface area contributed by atoms with Crippen LogP contribution in [0.15, 0.2) is 0 Å². The van der Waals surface area contributed by atoms with Crippen molar-refractivity contribution in [2.24, 2.45) is 5.92 Å². The fourth-order valence-corrected chi connectivity index (χ4v) is 3.51. The highest BCUT2D eigenvalue weighted by Gasteiger charge is 2.49. The lowest BCUT2D eigenvalue weighted by atomic mass is 9.64. The van der Waals surface area contributed by atoms with Gasteiger partial charge in [0.25, 0.3) is 0 Å². The summed E-state index contributed by atoms with van der Waals surface area (Å²) in [6, 6.07) is 0.646. The highest BCUT2D eigenvalue weighted by Crippen LogP contribution is 2.44. The standard InChI is InChI=1S/C13H24BNO.2C2H6/c1-4-11(14)10-6-7-13(8-16-9-13)15(3)12(10)5-2;2*1-2/h10-12H,4-9H2,1-3H3;2*1-2H3. The molecular formula is C17H36BNO. The average molecular weight is 281 g/mol. The molecule has 2 aliphatic rings. The van der Waals surface area contributed by atoms with Crippen molar-refractivity contribution in [2.75, 3.05) is 20.3 Å². The van der Waals surface area contributed by atoms with Gasteiger partial charge in [0.15, 0.2) is 0 Å². The minimum atomic E-state index is 0.352. The molecule has 1 spiro atoms. The van der Waals surface area contributed by atoms with E-state index in [1.165, 1.54) is 19.3 Å². The quantitative estimate of drug-likeness (QED) is 0.715. The first-order valence-electron chi connectivity index (χ1n) is 8.71. The van der Waals surface area contributed by atoms with E-state index >= 15 is 0 Å². The van der Waals surface area contributed by atoms with Crippen LogP contribution >= 0.6 is 0 Å². The Morgan fingerprint density at radius 3 is 2.10 bits per heavy atom. The third-order valence-electron chi connectivity index (χ3n) is 4.86. The molecule has 20 heavy (non-hydrogen) atoms. The highest BCUT2D eigenvalue weighted by molar-refractivity contribution is 6.11. The van der Waals surface area contributed by atoms with Crippen LogP contribution in [-0.2, 0) is 4.74 Å². The van der Waals surface area contributed by atoms with Gasteiger partial charge in [-0.25, -0.2) is 0 Å². The van der Waals surface area contributed by atoms with Crippen LogP contribution in [0.25, 0.3) is 0 Å². The zero-order valence-electron chi connectivity index (χ0n) is 14.9. The predicted molar refractivity (Wildman–Crippen MR) is 90.6 cm³/mol. The SMILES string of the molecule is CC.CC.[B]C(CC)C1CCC2(COC2)N(C)C1CC. The van der Waals surface area contributed by atoms with Gasteiger partial charge in [0.05, 0.1) is 26.6 Å². The Labute approximate surface area is 129 Å². The molecule has 2 heterocycles. The van der Waals surface area contributed by atoms with Crippen molar-refractivity contribution in [3.63, 3.8) is 0 Å². The second-order valence-corrected chi connectivity index (χ2v) is 5.58. The average Bonchev–Trinajstić information content (AvgIpc) is 2.48. The second kappa shape index (κ2) is 9.84. The molecule has 0 N–H and O–H groups in total. The number of ether oxygens (including phenoxy) is 1. The molecule has 118 valence electrons. The number of likely N-dealkylation sites (N-methyl/N-ethyl adjacent to an activating group) is 1. The number of rotatable bonds is 3. The van der Waals surface area contributed by atoms with Gasteiger partial charge in [-0.2, -0.15) is 0 Å². The van der Waals surface area contributed by atoms with Crippen molar-refractivity contribution in [3.8, 4) is 0 Å². The van der Waals surface area contributed by atoms with E-state index in [-0.39, 0.29) is 0 Å². The Morgan fingerprint density at radius 2 is 1.75 bits per heavy atom. The fourth-order valence-electron chi connectivity index (χ4n) is 3.51. The van der Waals surface area contributed by atoms with E-state index in [0.717, 1.165) is 19.6 Å². The van der Waals surface area contributed by atoms with Crippen molar-refractivity contribution >= 4 is 7.85 Å². The van der Waals surface area contributed by atoms with Crippen LogP contribution in [0.5, 0.6) is 0 Å². The molecule has 2 saturated heterocycles. The van der Waals surface area contributed by atoms with Gasteiger partial charge in [-0.15, -0.1) is 0 Å². The summed E-state index contributed by atoms with van der Waals surface area (Å²) in [5, 5.41) is 0. The normalized spacial score (nSPS) is 29.4. The van der Waals surface area contributed by atoms with Crippen molar-refractivity contribution in [1.29, 1.82) is 0 Å². The Kier molecular flexibility index (Phi) is 9.83. The first-order chi connectivity index (χ1) is 9.64. The molecule has 0 aromatic rings. The molecule has 2 aliphatic heterocycles. The summed E-state index contributed by atoms with van der Waals surface area (Å²) in [7, 11) is 8.54. The molecule has 2 radical (unpaired) electrons. The van der Waals surface area contributed by atoms with E-state index in [9.17, 15) is 0 Å². The van der Waals surface area contributed by atoms with E-state index in [1.807, 2.05) is 27.7 Å². The monoisotopic (exact) mass is 281 g/mol. The van der Waals surface area contributed by atoms with E-state index in [2.05, 4.69) is 25.8 Å². The van der Waals surface area contributed by atoms with Gasteiger partial charge in [0, 0.05) is 6.04 Å². The lowest BCUT2D eigenvalue weighted by molar-refractivity contribution is -0.174. The Balaban J connectivity index is 0.000000829. The van der Waals surface area contributed by atoms with E-state index in [0.29, 0.717) is 23.3 Å². The number of nitrogens with zero attached hydrogens (tertiary/aromatic N) is 1. The maximum Gasteiger partial charge on any atom is 0.0703 e. The third-order valence-corrected chi connectivity index (χ3v) is 4.86. The second-order valence-electron chi connectivity index (χ2n) is 5.58. The van der Waals surface area contributed by atoms with Gasteiger partial charge in [-0.3, -0.25) is 4.90 Å². The number of likely N-dealkylation sites (tertiary alicyclic amines) is 1. The number of hydrogen-bond donors (Lipinski definition) is 0. The van der Waals surface area contributed by atoms with Crippen LogP contribution in [0, 0.1) is 5.92 Å². The Bertz CT molecular complexity index is 241. The van der Waals surface area contributed by atoms with Crippen LogP contribution in [0.1, 0.15) is 67.2 Å². The lowest BCUT2D eigenvalue weighted by Gasteiger charge is -2.57. The van der Waals surface area contributed by atoms with Crippen LogP contribution < -0.4 is 0 Å². The van der Waals surface area contributed by atoms with Gasteiger partial charge in [0.2, 0.25) is 0 Å². The first-order valence-corrected chi connectivity index (χ1v) is 8.71. The van der Waals surface area contributed by atoms with Crippen molar-refractivity contribution in [3.05, 3.63) is 0 Å². The maximum absolute atomic E-state index is 6.27. The molecule has 3 heteroatoms. The molecule has 2 nitrogen and oxygen atoms in total. The van der Waals surface area contributed by atoms with Crippen LogP contribution in [0.3, 0.4) is 0 Å². The van der Waals surface area contributed by atoms with Crippen molar-refractivity contribution in [2.45, 2.75) is 84.6 Å². The summed E-state index contributed by atoms with van der Waals surface area (Å²) in [5.74, 6) is 1.04. The fraction of sp³-hybridized carbons (Fsp3) is 1.00. The summed E-state index contributed by atoms with van der Waals surface area (Å²) in [6.45, 7) is 14.3. The van der Waals surface area contributed by atoms with Crippen molar-refractivity contribution in [1.82, 2.24) is 4.90 Å². The van der Waals surface area contributed by atoms with E-state index < -0.39 is 0 Å². The highest BCUT2D eigenvalue weighted by atomic mass is 16.5. The van der Waals surface area contributed by atoms with Gasteiger partial charge in [-0.05, 0) is 32.2 Å². The summed E-state index contributed by atoms with van der Waals surface area (Å²) in [4.78, 5) is 2.57. The molecule has 0 amide bonds. The number of hydrogen-bond acceptors (Lipinski definition) is 2. The largest absolute Gasteiger partial charge is 0.377 e. The van der Waals surface area contributed by atoms with E-state index in [4.69, 9.17) is 12.6 Å². The lowest BCUT2D eigenvalue weighted by Crippen LogP contribution is -2.67. The van der Waals surface area contributed by atoms with Crippen LogP contribution in [0.4, 0.5) is 0 Å². The topological polar surface area (TPSA) is 12.5 Å². The van der Waals surface area contributed by atoms with Gasteiger partial charge >= 0.3 is 0 Å². The smallest absolute Gasteiger partial charge is 0.0703 e. The van der Waals surface area contributed by atoms with Gasteiger partial charge in [-0.1, -0.05) is 53.8 Å². The molecule has 2 rings (SSSR count). The molecule has 0 aromatic heterocycles. The molecule has 3 atom stereocenters. The minimum Gasteiger partial charge on any atom is -0.377 e. The van der Waals surface area contributed by atoms with Gasteiger partial charge in [0.1, 0.15) is 0 Å². The summed E-state index contributed by atoms with van der Waals surface area (Å²) >= 11 is 0. The summed E-state index contributed by atoms with van der Waals surface area (Å²) in [5.41, 5.74) is 0.352. The summed E-state index contributed by atoms with van der Waals surface area (Å²) < 4.78 is 5.43. The van der Waals surface area contributed by atoms with E-state index in [1.54, 1.807) is 0 Å². The molecule has 0 saturated carbocycles. The van der Waals surface area contributed by atoms with Crippen molar-refractivity contribution < 1.29 is 4.74 Å². The minimum absolute atomic E-state index is 0.352. The summed E-state index contributed by atoms with van der Waals surface area (Å²) in [6.07, 6.45) is 4.84. The zero-order valence-corrected chi connectivity index (χ0v) is 14.9. The van der Waals surface area contributed by atoms with Gasteiger partial charge < -0.3 is 4.74 Å². The Morgan fingerprint density at radius 1 is 1.20 bits per heavy atom. The molecule has 0 aromatic carbocycles. The zero-order chi connectivity index (χ0) is 15.8. The van der Waals surface area contributed by atoms with Crippen LogP contribution in [-0.4, -0.2) is 44.6 Å². The molecule has 2 fully saturated rings. The molecule has 0 aliphatic carbocycles. The molecular weight excluding hydrogens is 245 g/mol. The van der Waals surface area contributed by atoms with Crippen LogP contribution in [0.2, 0.25) is 5.82 Å². The Hall–Kier alpha value is -0.0151. The molecule has 0 bridgehead atoms.